The van der Waals surface area contributed by atoms with Gasteiger partial charge in [0, 0.05) is 10.9 Å². The second-order valence-corrected chi connectivity index (χ2v) is 7.82. The van der Waals surface area contributed by atoms with E-state index < -0.39 is 0 Å². The number of hydrogen-bond donors (Lipinski definition) is 2. The van der Waals surface area contributed by atoms with Crippen molar-refractivity contribution in [1.82, 2.24) is 10.3 Å². The van der Waals surface area contributed by atoms with Gasteiger partial charge in [0.05, 0.1) is 11.7 Å². The molecular formula is C24H19N3O3S. The Morgan fingerprint density at radius 1 is 0.903 bits per heavy atom. The fourth-order valence-corrected chi connectivity index (χ4v) is 4.15. The zero-order valence-electron chi connectivity index (χ0n) is 16.4. The van der Waals surface area contributed by atoms with Crippen LogP contribution < -0.4 is 20.1 Å². The second-order valence-electron chi connectivity index (χ2n) is 6.96. The molecule has 4 aromatic rings. The zero-order chi connectivity index (χ0) is 21.0. The second kappa shape index (κ2) is 8.49. The van der Waals surface area contributed by atoms with Crippen molar-refractivity contribution in [3.63, 3.8) is 0 Å². The lowest BCUT2D eigenvalue weighted by Crippen LogP contribution is -2.33. The maximum atomic E-state index is 12.8. The summed E-state index contributed by atoms with van der Waals surface area (Å²) in [6, 6.07) is 24.9. The quantitative estimate of drug-likeness (QED) is 0.442. The molecule has 0 saturated heterocycles. The van der Waals surface area contributed by atoms with Crippen molar-refractivity contribution in [1.29, 1.82) is 0 Å². The number of hydrogen-bond acceptors (Lipinski definition) is 5. The highest BCUT2D eigenvalue weighted by Crippen LogP contribution is 2.36. The van der Waals surface area contributed by atoms with Gasteiger partial charge in [-0.25, -0.2) is 9.78 Å². The maximum absolute atomic E-state index is 12.8. The third-order valence-corrected chi connectivity index (χ3v) is 5.69. The summed E-state index contributed by atoms with van der Waals surface area (Å²) in [4.78, 5) is 17.3. The number of thiazole rings is 1. The van der Waals surface area contributed by atoms with Crippen LogP contribution in [0.15, 0.2) is 84.2 Å². The van der Waals surface area contributed by atoms with E-state index in [4.69, 9.17) is 9.47 Å². The fourth-order valence-electron chi connectivity index (χ4n) is 3.43. The normalized spacial score (nSPS) is 12.0. The summed E-state index contributed by atoms with van der Waals surface area (Å²) in [6.07, 6.45) is 0. The lowest BCUT2D eigenvalue weighted by Gasteiger charge is -2.19. The number of anilines is 1. The van der Waals surface area contributed by atoms with Gasteiger partial charge in [-0.05, 0) is 29.3 Å². The topological polar surface area (TPSA) is 72.5 Å². The van der Waals surface area contributed by atoms with Crippen molar-refractivity contribution >= 4 is 22.5 Å². The largest absolute Gasteiger partial charge is 0.454 e. The number of aromatic nitrogens is 1. The molecule has 0 radical (unpaired) electrons. The monoisotopic (exact) mass is 429 g/mol. The molecule has 154 valence electrons. The van der Waals surface area contributed by atoms with E-state index >= 15 is 0 Å². The highest BCUT2D eigenvalue weighted by molar-refractivity contribution is 7.14. The smallest absolute Gasteiger partial charge is 0.321 e. The average Bonchev–Trinajstić information content (AvgIpc) is 3.47. The van der Waals surface area contributed by atoms with Crippen LogP contribution in [0.5, 0.6) is 11.5 Å². The highest BCUT2D eigenvalue weighted by atomic mass is 32.1. The van der Waals surface area contributed by atoms with Crippen LogP contribution in [0.1, 0.15) is 17.2 Å². The fraction of sp³-hybridized carbons (Fsp3) is 0.0833. The lowest BCUT2D eigenvalue weighted by atomic mass is 9.99. The van der Waals surface area contributed by atoms with Gasteiger partial charge in [0.2, 0.25) is 6.79 Å². The summed E-state index contributed by atoms with van der Waals surface area (Å²) >= 11 is 1.37. The van der Waals surface area contributed by atoms with Gasteiger partial charge >= 0.3 is 6.03 Å². The number of ether oxygens (including phenoxy) is 2. The predicted octanol–water partition coefficient (Wildman–Crippen LogP) is 5.45. The summed E-state index contributed by atoms with van der Waals surface area (Å²) in [5.74, 6) is 1.43. The maximum Gasteiger partial charge on any atom is 0.321 e. The minimum absolute atomic E-state index is 0.229. The molecule has 1 aliphatic rings. The van der Waals surface area contributed by atoms with Gasteiger partial charge in [-0.3, -0.25) is 5.32 Å². The van der Waals surface area contributed by atoms with Crippen LogP contribution in [0.3, 0.4) is 0 Å². The van der Waals surface area contributed by atoms with Crippen molar-refractivity contribution in [2.24, 2.45) is 0 Å². The number of rotatable bonds is 5. The Labute approximate surface area is 183 Å². The minimum atomic E-state index is -0.315. The Balaban J connectivity index is 1.32. The van der Waals surface area contributed by atoms with Crippen LogP contribution in [0.4, 0.5) is 9.93 Å². The Kier molecular flexibility index (Phi) is 5.24. The number of benzene rings is 3. The summed E-state index contributed by atoms with van der Waals surface area (Å²) in [6.45, 7) is 0.229. The lowest BCUT2D eigenvalue weighted by molar-refractivity contribution is 0.174. The molecule has 1 aliphatic heterocycles. The first kappa shape index (κ1) is 19.1. The molecule has 0 atom stereocenters. The summed E-state index contributed by atoms with van der Waals surface area (Å²) < 4.78 is 10.8. The summed E-state index contributed by atoms with van der Waals surface area (Å²) in [7, 11) is 0. The molecule has 0 unspecified atom stereocenters. The molecule has 5 rings (SSSR count). The third-order valence-electron chi connectivity index (χ3n) is 4.93. The van der Waals surface area contributed by atoms with E-state index in [0.29, 0.717) is 10.9 Å². The van der Waals surface area contributed by atoms with Crippen LogP contribution in [-0.2, 0) is 0 Å². The van der Waals surface area contributed by atoms with E-state index in [1.807, 2.05) is 84.2 Å². The first-order valence-corrected chi connectivity index (χ1v) is 10.7. The van der Waals surface area contributed by atoms with Crippen LogP contribution in [-0.4, -0.2) is 17.8 Å². The van der Waals surface area contributed by atoms with Crippen molar-refractivity contribution < 1.29 is 14.3 Å². The molecule has 2 heterocycles. The molecule has 2 N–H and O–H groups in total. The number of nitrogens with zero attached hydrogens (tertiary/aromatic N) is 1. The summed E-state index contributed by atoms with van der Waals surface area (Å²) in [5, 5.41) is 8.34. The van der Waals surface area contributed by atoms with Gasteiger partial charge in [-0.2, -0.15) is 0 Å². The first-order valence-electron chi connectivity index (χ1n) is 9.79. The van der Waals surface area contributed by atoms with E-state index in [-0.39, 0.29) is 18.9 Å². The van der Waals surface area contributed by atoms with E-state index in [2.05, 4.69) is 15.6 Å². The van der Waals surface area contributed by atoms with E-state index in [9.17, 15) is 4.79 Å². The standard InChI is InChI=1S/C24H19N3O3S/c28-23(26-22(16-7-3-1-4-8-16)17-9-5-2-6-10-17)27-24-25-19(14-31-24)18-11-12-20-21(13-18)30-15-29-20/h1-14,22H,15H2,(H2,25,26,27,28). The SMILES string of the molecule is O=C(Nc1nc(-c2ccc3c(c2)OCO3)cs1)NC(c1ccccc1)c1ccccc1. The van der Waals surface area contributed by atoms with Crippen LogP contribution in [0, 0.1) is 0 Å². The number of amides is 2. The number of urea groups is 1. The molecule has 0 fully saturated rings. The van der Waals surface area contributed by atoms with Gasteiger partial charge in [0.1, 0.15) is 0 Å². The number of carbonyl (C=O) groups is 1. The number of carbonyl (C=O) groups excluding carboxylic acids is 1. The molecule has 0 spiro atoms. The number of fused-ring (bicyclic) bond motifs is 1. The molecule has 0 saturated carbocycles. The van der Waals surface area contributed by atoms with E-state index in [1.54, 1.807) is 0 Å². The predicted molar refractivity (Wildman–Crippen MR) is 121 cm³/mol. The molecule has 1 aromatic heterocycles. The highest BCUT2D eigenvalue weighted by Gasteiger charge is 2.18. The molecule has 3 aromatic carbocycles. The van der Waals surface area contributed by atoms with Gasteiger partial charge in [0.15, 0.2) is 16.6 Å². The van der Waals surface area contributed by atoms with Crippen molar-refractivity contribution in [2.45, 2.75) is 6.04 Å². The summed E-state index contributed by atoms with van der Waals surface area (Å²) in [5.41, 5.74) is 3.68. The van der Waals surface area contributed by atoms with Crippen molar-refractivity contribution in [2.75, 3.05) is 12.1 Å². The average molecular weight is 430 g/mol. The third kappa shape index (κ3) is 4.22. The van der Waals surface area contributed by atoms with E-state index in [1.165, 1.54) is 11.3 Å². The molecular weight excluding hydrogens is 410 g/mol. The van der Waals surface area contributed by atoms with Gasteiger partial charge < -0.3 is 14.8 Å². The molecule has 2 amide bonds. The Morgan fingerprint density at radius 2 is 1.58 bits per heavy atom. The van der Waals surface area contributed by atoms with Crippen LogP contribution in [0.2, 0.25) is 0 Å². The van der Waals surface area contributed by atoms with E-state index in [0.717, 1.165) is 28.1 Å². The van der Waals surface area contributed by atoms with Crippen LogP contribution in [0.25, 0.3) is 11.3 Å². The van der Waals surface area contributed by atoms with Crippen LogP contribution >= 0.6 is 11.3 Å². The first-order chi connectivity index (χ1) is 15.3. The number of nitrogens with one attached hydrogen (secondary N) is 2. The molecule has 7 heteroatoms. The van der Waals surface area contributed by atoms with Crippen molar-refractivity contribution in [3.05, 3.63) is 95.4 Å². The van der Waals surface area contributed by atoms with Gasteiger partial charge in [-0.1, -0.05) is 60.7 Å². The minimum Gasteiger partial charge on any atom is -0.454 e. The molecule has 31 heavy (non-hydrogen) atoms. The molecule has 6 nitrogen and oxygen atoms in total. The Bertz CT molecular complexity index is 1160. The Hall–Kier alpha value is -3.84. The van der Waals surface area contributed by atoms with Crippen molar-refractivity contribution in [3.8, 4) is 22.8 Å². The molecule has 0 aliphatic carbocycles. The zero-order valence-corrected chi connectivity index (χ0v) is 17.3. The van der Waals surface area contributed by atoms with Gasteiger partial charge in [-0.15, -0.1) is 11.3 Å². The molecule has 0 bridgehead atoms. The Morgan fingerprint density at radius 3 is 2.29 bits per heavy atom. The van der Waals surface area contributed by atoms with Gasteiger partial charge in [0.25, 0.3) is 0 Å².